The van der Waals surface area contributed by atoms with Crippen molar-refractivity contribution in [2.24, 2.45) is 9.98 Å². The van der Waals surface area contributed by atoms with E-state index in [4.69, 9.17) is 9.98 Å². The third kappa shape index (κ3) is 6.09. The fraction of sp³-hybridized carbons (Fsp3) is 0.0877. The summed E-state index contributed by atoms with van der Waals surface area (Å²) in [5.41, 5.74) is 16.2. The van der Waals surface area contributed by atoms with Crippen LogP contribution in [0.1, 0.15) is 55.5 Å². The number of hydrogen-bond donors (Lipinski definition) is 0. The van der Waals surface area contributed by atoms with E-state index < -0.39 is 0 Å². The van der Waals surface area contributed by atoms with Crippen molar-refractivity contribution in [3.8, 4) is 27.9 Å². The zero-order valence-electron chi connectivity index (χ0n) is 34.6. The van der Waals surface area contributed by atoms with Crippen LogP contribution < -0.4 is 0 Å². The third-order valence-corrected chi connectivity index (χ3v) is 13.7. The van der Waals surface area contributed by atoms with Crippen molar-refractivity contribution in [1.82, 2.24) is 4.57 Å². The Morgan fingerprint density at radius 2 is 1.23 bits per heavy atom. The molecule has 0 fully saturated rings. The monoisotopic (exact) mass is 801 g/mol. The molecule has 8 aromatic carbocycles. The van der Waals surface area contributed by atoms with Crippen molar-refractivity contribution in [3.63, 3.8) is 0 Å². The summed E-state index contributed by atoms with van der Waals surface area (Å²) in [5.74, 6) is 0.689. The van der Waals surface area contributed by atoms with Gasteiger partial charge in [-0.1, -0.05) is 147 Å². The van der Waals surface area contributed by atoms with E-state index in [1.807, 2.05) is 17.4 Å². The van der Waals surface area contributed by atoms with E-state index in [1.54, 1.807) is 0 Å². The van der Waals surface area contributed by atoms with Crippen molar-refractivity contribution < 1.29 is 0 Å². The van der Waals surface area contributed by atoms with Gasteiger partial charge in [0.25, 0.3) is 0 Å². The fourth-order valence-corrected chi connectivity index (χ4v) is 10.7. The van der Waals surface area contributed by atoms with Crippen molar-refractivity contribution in [2.45, 2.75) is 33.1 Å². The number of amidine groups is 1. The maximum Gasteiger partial charge on any atom is 0.160 e. The summed E-state index contributed by atoms with van der Waals surface area (Å²) in [6.45, 7) is 8.85. The zero-order valence-corrected chi connectivity index (χ0v) is 35.5. The summed E-state index contributed by atoms with van der Waals surface area (Å²) in [5, 5.41) is 4.97. The standard InChI is InChI=1S/C57H43N3S/c1-5-50(40-27-30-44-43-21-12-14-24-48(43)57(3,4)49(44)35-40)59-56(37-17-8-6-9-18-37)58-36(2)42-23-16-26-54-55(42)47-34-39(29-32-53(47)61-54)38-28-31-52-46(33-38)45-22-13-15-25-51(45)60(52)41-19-10-7-11-20-41/h5-35H,1-4H3/b50-5-,58-36?,59-56?. The molecule has 1 aliphatic carbocycles. The molecule has 2 heterocycles. The first-order chi connectivity index (χ1) is 29.9. The minimum atomic E-state index is -0.0983. The highest BCUT2D eigenvalue weighted by Crippen LogP contribution is 2.49. The second-order valence-electron chi connectivity index (χ2n) is 16.5. The quantitative estimate of drug-likeness (QED) is 0.118. The molecule has 0 atom stereocenters. The molecule has 11 rings (SSSR count). The number of rotatable bonds is 6. The average Bonchev–Trinajstić information content (AvgIpc) is 3.93. The van der Waals surface area contributed by atoms with E-state index in [1.165, 1.54) is 75.4 Å². The number of hydrogen-bond acceptors (Lipinski definition) is 2. The molecule has 0 aliphatic heterocycles. The number of para-hydroxylation sites is 2. The molecular weight excluding hydrogens is 759 g/mol. The van der Waals surface area contributed by atoms with Gasteiger partial charge in [-0.2, -0.15) is 0 Å². The predicted octanol–water partition coefficient (Wildman–Crippen LogP) is 15.4. The van der Waals surface area contributed by atoms with Gasteiger partial charge in [0.1, 0.15) is 0 Å². The van der Waals surface area contributed by atoms with E-state index in [-0.39, 0.29) is 5.41 Å². The molecule has 0 unspecified atom stereocenters. The van der Waals surface area contributed by atoms with Gasteiger partial charge in [0, 0.05) is 64.4 Å². The minimum Gasteiger partial charge on any atom is -0.309 e. The average molecular weight is 802 g/mol. The first-order valence-electron chi connectivity index (χ1n) is 21.0. The Bertz CT molecular complexity index is 3450. The van der Waals surface area contributed by atoms with Crippen LogP contribution in [0.5, 0.6) is 0 Å². The maximum atomic E-state index is 5.40. The third-order valence-electron chi connectivity index (χ3n) is 12.6. The van der Waals surface area contributed by atoms with Crippen LogP contribution in [-0.2, 0) is 5.41 Å². The van der Waals surface area contributed by atoms with Crippen LogP contribution in [0.25, 0.3) is 75.6 Å². The lowest BCUT2D eigenvalue weighted by Crippen LogP contribution is -2.15. The second kappa shape index (κ2) is 14.5. The maximum absolute atomic E-state index is 5.40. The van der Waals surface area contributed by atoms with Gasteiger partial charge in [0.15, 0.2) is 5.84 Å². The first kappa shape index (κ1) is 36.9. The Balaban J connectivity index is 1.01. The van der Waals surface area contributed by atoms with Crippen LogP contribution >= 0.6 is 11.3 Å². The summed E-state index contributed by atoms with van der Waals surface area (Å²) >= 11 is 1.84. The molecule has 0 saturated carbocycles. The largest absolute Gasteiger partial charge is 0.309 e. The SMILES string of the molecule is C/C=C(\N=C(N=C(C)c1cccc2sc3ccc(-c4ccc5c(c4)c4ccccc4n5-c4ccccc4)cc3c12)c1ccccc1)c1ccc2c(c1)C(C)(C)c1ccccc1-2. The Labute approximate surface area is 360 Å². The molecule has 4 heteroatoms. The number of aromatic nitrogens is 1. The molecule has 0 N–H and O–H groups in total. The lowest BCUT2D eigenvalue weighted by atomic mass is 9.82. The second-order valence-corrected chi connectivity index (χ2v) is 17.6. The first-order valence-corrected chi connectivity index (χ1v) is 21.8. The molecule has 61 heavy (non-hydrogen) atoms. The fourth-order valence-electron chi connectivity index (χ4n) is 9.55. The van der Waals surface area contributed by atoms with E-state index in [2.05, 4.69) is 214 Å². The molecule has 1 aliphatic rings. The van der Waals surface area contributed by atoms with Crippen molar-refractivity contribution in [1.29, 1.82) is 0 Å². The molecule has 292 valence electrons. The van der Waals surface area contributed by atoms with Crippen molar-refractivity contribution in [2.75, 3.05) is 0 Å². The number of aliphatic imine (C=N–C) groups is 2. The number of benzene rings is 8. The van der Waals surface area contributed by atoms with Gasteiger partial charge < -0.3 is 4.57 Å². The van der Waals surface area contributed by atoms with Gasteiger partial charge in [0.05, 0.1) is 16.7 Å². The van der Waals surface area contributed by atoms with Gasteiger partial charge in [-0.25, -0.2) is 9.98 Å². The topological polar surface area (TPSA) is 29.6 Å². The zero-order chi connectivity index (χ0) is 41.2. The lowest BCUT2D eigenvalue weighted by Gasteiger charge is -2.22. The summed E-state index contributed by atoms with van der Waals surface area (Å²) < 4.78 is 4.88. The lowest BCUT2D eigenvalue weighted by molar-refractivity contribution is 0.660. The van der Waals surface area contributed by atoms with Crippen LogP contribution in [0.2, 0.25) is 0 Å². The van der Waals surface area contributed by atoms with E-state index >= 15 is 0 Å². The van der Waals surface area contributed by atoms with Crippen molar-refractivity contribution in [3.05, 3.63) is 216 Å². The van der Waals surface area contributed by atoms with Gasteiger partial charge >= 0.3 is 0 Å². The Morgan fingerprint density at radius 1 is 0.541 bits per heavy atom. The molecule has 10 aromatic rings. The van der Waals surface area contributed by atoms with E-state index in [9.17, 15) is 0 Å². The molecule has 0 amide bonds. The summed E-state index contributed by atoms with van der Waals surface area (Å²) in [4.78, 5) is 10.8. The summed E-state index contributed by atoms with van der Waals surface area (Å²) in [6, 6.07) is 65.8. The highest BCUT2D eigenvalue weighted by Gasteiger charge is 2.35. The van der Waals surface area contributed by atoms with Crippen LogP contribution in [0.3, 0.4) is 0 Å². The molecule has 0 bridgehead atoms. The van der Waals surface area contributed by atoms with Gasteiger partial charge in [-0.15, -0.1) is 11.3 Å². The normalized spacial score (nSPS) is 14.0. The Hall–Kier alpha value is -7.14. The molecule has 0 saturated heterocycles. The highest BCUT2D eigenvalue weighted by atomic mass is 32.1. The predicted molar refractivity (Wildman–Crippen MR) is 262 cm³/mol. The Morgan fingerprint density at radius 3 is 2.05 bits per heavy atom. The molecule has 0 spiro atoms. The number of fused-ring (bicyclic) bond motifs is 9. The Kier molecular flexibility index (Phi) is 8.80. The summed E-state index contributed by atoms with van der Waals surface area (Å²) in [6.07, 6.45) is 2.11. The molecule has 2 aromatic heterocycles. The molecular formula is C57H43N3S. The van der Waals surface area contributed by atoms with E-state index in [0.29, 0.717) is 5.84 Å². The molecule has 0 radical (unpaired) electrons. The van der Waals surface area contributed by atoms with Gasteiger partial charge in [-0.05, 0) is 102 Å². The number of allylic oxidation sites excluding steroid dienone is 1. The van der Waals surface area contributed by atoms with Crippen LogP contribution in [0, 0.1) is 0 Å². The van der Waals surface area contributed by atoms with Crippen LogP contribution in [0.4, 0.5) is 0 Å². The van der Waals surface area contributed by atoms with E-state index in [0.717, 1.165) is 33.8 Å². The smallest absolute Gasteiger partial charge is 0.160 e. The van der Waals surface area contributed by atoms with Crippen LogP contribution in [-0.4, -0.2) is 16.1 Å². The highest BCUT2D eigenvalue weighted by molar-refractivity contribution is 7.25. The minimum absolute atomic E-state index is 0.0983. The van der Waals surface area contributed by atoms with Gasteiger partial charge in [-0.3, -0.25) is 0 Å². The van der Waals surface area contributed by atoms with Gasteiger partial charge in [0.2, 0.25) is 0 Å². The van der Waals surface area contributed by atoms with Crippen molar-refractivity contribution >= 4 is 70.6 Å². The summed E-state index contributed by atoms with van der Waals surface area (Å²) in [7, 11) is 0. The number of nitrogens with zero attached hydrogens (tertiary/aromatic N) is 3. The van der Waals surface area contributed by atoms with Crippen LogP contribution in [0.15, 0.2) is 198 Å². The molecule has 3 nitrogen and oxygen atoms in total. The number of thiophene rings is 1.